The van der Waals surface area contributed by atoms with Crippen LogP contribution in [0, 0.1) is 11.9 Å². The van der Waals surface area contributed by atoms with Gasteiger partial charge in [-0.1, -0.05) is 11.6 Å². The lowest BCUT2D eigenvalue weighted by Gasteiger charge is -2.30. The quantitative estimate of drug-likeness (QED) is 0.361. The Bertz CT molecular complexity index is 871. The summed E-state index contributed by atoms with van der Waals surface area (Å²) in [6.07, 6.45) is 10.0. The lowest BCUT2D eigenvalue weighted by atomic mass is 9.91. The van der Waals surface area contributed by atoms with E-state index in [-0.39, 0.29) is 0 Å². The third-order valence-electron chi connectivity index (χ3n) is 6.10. The first kappa shape index (κ1) is 22.2. The number of aromatic nitrogens is 2. The second-order valence-corrected chi connectivity index (χ2v) is 8.98. The van der Waals surface area contributed by atoms with Gasteiger partial charge in [0.25, 0.3) is 0 Å². The molecule has 0 spiro atoms. The number of nitrogens with zero attached hydrogens (tertiary/aromatic N) is 2. The standard InChI is InChI=1S/C23H31ClFN5O/c1-31-9-8-26-17-4-6-18(7-5-17)30-22-11-19(20(24)14-28-22)16-10-21(23(25)29-13-16)27-12-15-2-3-15/h10-11,13-15,17-18,26-27H,2-9,12H2,1H3,(H,28,30)/t17-,18-. The number of hydrogen-bond acceptors (Lipinski definition) is 6. The normalized spacial score (nSPS) is 21.1. The molecule has 0 atom stereocenters. The van der Waals surface area contributed by atoms with Crippen LogP contribution < -0.4 is 16.0 Å². The van der Waals surface area contributed by atoms with Gasteiger partial charge in [-0.25, -0.2) is 9.97 Å². The maximum Gasteiger partial charge on any atom is 0.236 e. The van der Waals surface area contributed by atoms with Crippen molar-refractivity contribution in [3.05, 3.63) is 35.5 Å². The van der Waals surface area contributed by atoms with Crippen molar-refractivity contribution < 1.29 is 9.13 Å². The predicted molar refractivity (Wildman–Crippen MR) is 123 cm³/mol. The van der Waals surface area contributed by atoms with Gasteiger partial charge in [-0.15, -0.1) is 0 Å². The summed E-state index contributed by atoms with van der Waals surface area (Å²) in [5.41, 5.74) is 2.00. The minimum absolute atomic E-state index is 0.379. The van der Waals surface area contributed by atoms with Crippen LogP contribution in [-0.4, -0.2) is 48.9 Å². The van der Waals surface area contributed by atoms with Crippen molar-refractivity contribution in [2.45, 2.75) is 50.6 Å². The zero-order valence-electron chi connectivity index (χ0n) is 18.0. The average Bonchev–Trinajstić information content (AvgIpc) is 3.61. The molecule has 8 heteroatoms. The summed E-state index contributed by atoms with van der Waals surface area (Å²) < 4.78 is 19.2. The molecule has 2 heterocycles. The molecule has 2 aromatic heterocycles. The summed E-state index contributed by atoms with van der Waals surface area (Å²) in [6.45, 7) is 2.41. The van der Waals surface area contributed by atoms with E-state index in [1.54, 1.807) is 19.4 Å². The molecule has 2 aliphatic rings. The molecule has 2 fully saturated rings. The van der Waals surface area contributed by atoms with Gasteiger partial charge in [-0.2, -0.15) is 4.39 Å². The molecular weight excluding hydrogens is 417 g/mol. The molecule has 168 valence electrons. The molecule has 0 aliphatic heterocycles. The maximum atomic E-state index is 14.1. The third-order valence-corrected chi connectivity index (χ3v) is 6.40. The van der Waals surface area contributed by atoms with Crippen LogP contribution in [0.1, 0.15) is 38.5 Å². The lowest BCUT2D eigenvalue weighted by Crippen LogP contribution is -2.38. The molecule has 6 nitrogen and oxygen atoms in total. The number of methoxy groups -OCH3 is 1. The van der Waals surface area contributed by atoms with Gasteiger partial charge in [0.05, 0.1) is 17.3 Å². The van der Waals surface area contributed by atoms with Crippen LogP contribution in [0.2, 0.25) is 5.02 Å². The van der Waals surface area contributed by atoms with Crippen LogP contribution in [0.4, 0.5) is 15.9 Å². The van der Waals surface area contributed by atoms with E-state index in [4.69, 9.17) is 16.3 Å². The first-order chi connectivity index (χ1) is 15.1. The molecule has 2 aliphatic carbocycles. The fourth-order valence-electron chi connectivity index (χ4n) is 4.05. The highest BCUT2D eigenvalue weighted by molar-refractivity contribution is 6.33. The number of ether oxygens (including phenoxy) is 1. The summed E-state index contributed by atoms with van der Waals surface area (Å²) in [7, 11) is 1.73. The lowest BCUT2D eigenvalue weighted by molar-refractivity contribution is 0.191. The van der Waals surface area contributed by atoms with Crippen LogP contribution in [0.25, 0.3) is 11.1 Å². The molecular formula is C23H31ClFN5O. The predicted octanol–water partition coefficient (Wildman–Crippen LogP) is 4.72. The van der Waals surface area contributed by atoms with Crippen molar-refractivity contribution in [3.8, 4) is 11.1 Å². The van der Waals surface area contributed by atoms with Crippen molar-refractivity contribution in [3.63, 3.8) is 0 Å². The van der Waals surface area contributed by atoms with Crippen LogP contribution in [0.5, 0.6) is 0 Å². The van der Waals surface area contributed by atoms with Crippen molar-refractivity contribution >= 4 is 23.1 Å². The Hall–Kier alpha value is -1.96. The van der Waals surface area contributed by atoms with Gasteiger partial charge in [0.15, 0.2) is 0 Å². The summed E-state index contributed by atoms with van der Waals surface area (Å²) in [5.74, 6) is 0.949. The average molecular weight is 448 g/mol. The Morgan fingerprint density at radius 2 is 1.84 bits per heavy atom. The molecule has 0 saturated heterocycles. The molecule has 0 bridgehead atoms. The van der Waals surface area contributed by atoms with E-state index < -0.39 is 5.95 Å². The zero-order valence-corrected chi connectivity index (χ0v) is 18.7. The first-order valence-corrected chi connectivity index (χ1v) is 11.5. The smallest absolute Gasteiger partial charge is 0.236 e. The third kappa shape index (κ3) is 6.28. The Balaban J connectivity index is 1.39. The van der Waals surface area contributed by atoms with Gasteiger partial charge in [0, 0.05) is 55.8 Å². The molecule has 0 aromatic carbocycles. The highest BCUT2D eigenvalue weighted by Crippen LogP contribution is 2.33. The molecule has 2 aromatic rings. The summed E-state index contributed by atoms with van der Waals surface area (Å²) in [6, 6.07) is 4.65. The van der Waals surface area contributed by atoms with Crippen LogP contribution in [0.15, 0.2) is 24.5 Å². The highest BCUT2D eigenvalue weighted by Gasteiger charge is 2.22. The minimum atomic E-state index is -0.483. The van der Waals surface area contributed by atoms with E-state index in [0.29, 0.717) is 28.7 Å². The highest BCUT2D eigenvalue weighted by atomic mass is 35.5. The molecule has 31 heavy (non-hydrogen) atoms. The Labute approximate surface area is 188 Å². The Morgan fingerprint density at radius 1 is 1.06 bits per heavy atom. The van der Waals surface area contributed by atoms with Gasteiger partial charge >= 0.3 is 0 Å². The van der Waals surface area contributed by atoms with E-state index in [9.17, 15) is 4.39 Å². The monoisotopic (exact) mass is 447 g/mol. The van der Waals surface area contributed by atoms with Gasteiger partial charge in [-0.05, 0) is 56.6 Å². The zero-order chi connectivity index (χ0) is 21.6. The van der Waals surface area contributed by atoms with Crippen LogP contribution in [-0.2, 0) is 4.74 Å². The molecule has 0 amide bonds. The number of rotatable bonds is 10. The molecule has 3 N–H and O–H groups in total. The Morgan fingerprint density at radius 3 is 2.58 bits per heavy atom. The van der Waals surface area contributed by atoms with Crippen molar-refractivity contribution in [2.24, 2.45) is 5.92 Å². The number of pyridine rings is 2. The molecule has 2 saturated carbocycles. The molecule has 0 unspecified atom stereocenters. The van der Waals surface area contributed by atoms with E-state index in [0.717, 1.165) is 62.3 Å². The molecule has 0 radical (unpaired) electrons. The number of anilines is 2. The fourth-order valence-corrected chi connectivity index (χ4v) is 4.26. The Kier molecular flexibility index (Phi) is 7.58. The summed E-state index contributed by atoms with van der Waals surface area (Å²) in [5, 5.41) is 10.8. The first-order valence-electron chi connectivity index (χ1n) is 11.2. The van der Waals surface area contributed by atoms with Crippen molar-refractivity contribution in [1.82, 2.24) is 15.3 Å². The second kappa shape index (κ2) is 10.6. The second-order valence-electron chi connectivity index (χ2n) is 8.58. The van der Waals surface area contributed by atoms with Gasteiger partial charge in [0.1, 0.15) is 5.82 Å². The van der Waals surface area contributed by atoms with Crippen molar-refractivity contribution in [2.75, 3.05) is 37.4 Å². The van der Waals surface area contributed by atoms with E-state index in [2.05, 4.69) is 25.9 Å². The van der Waals surface area contributed by atoms with E-state index in [1.165, 1.54) is 19.0 Å². The van der Waals surface area contributed by atoms with Crippen LogP contribution in [0.3, 0.4) is 0 Å². The van der Waals surface area contributed by atoms with Gasteiger partial charge < -0.3 is 20.7 Å². The SMILES string of the molecule is COCCN[C@H]1CC[C@H](Nc2cc(-c3cnc(F)c(NCC4CC4)c3)c(Cl)cn2)CC1. The number of hydrogen-bond donors (Lipinski definition) is 3. The number of nitrogens with one attached hydrogen (secondary N) is 3. The van der Waals surface area contributed by atoms with E-state index >= 15 is 0 Å². The summed E-state index contributed by atoms with van der Waals surface area (Å²) >= 11 is 6.43. The fraction of sp³-hybridized carbons (Fsp3) is 0.565. The van der Waals surface area contributed by atoms with Crippen LogP contribution >= 0.6 is 11.6 Å². The summed E-state index contributed by atoms with van der Waals surface area (Å²) in [4.78, 5) is 8.40. The largest absolute Gasteiger partial charge is 0.383 e. The minimum Gasteiger partial charge on any atom is -0.383 e. The number of halogens is 2. The van der Waals surface area contributed by atoms with E-state index in [1.807, 2.05) is 6.07 Å². The maximum absolute atomic E-state index is 14.1. The van der Waals surface area contributed by atoms with Gasteiger partial charge in [0.2, 0.25) is 5.95 Å². The van der Waals surface area contributed by atoms with Crippen molar-refractivity contribution in [1.29, 1.82) is 0 Å². The molecule has 4 rings (SSSR count). The van der Waals surface area contributed by atoms with Gasteiger partial charge in [-0.3, -0.25) is 0 Å². The topological polar surface area (TPSA) is 71.1 Å².